The molecule has 0 aliphatic carbocycles. The van der Waals surface area contributed by atoms with Gasteiger partial charge in [-0.05, 0) is 35.0 Å². The highest BCUT2D eigenvalue weighted by Gasteiger charge is 2.24. The van der Waals surface area contributed by atoms with Crippen molar-refractivity contribution in [1.29, 1.82) is 0 Å². The van der Waals surface area contributed by atoms with E-state index in [0.717, 1.165) is 0 Å². The molecule has 0 saturated heterocycles. The number of nitroso groups, excluding NO2 is 1. The van der Waals surface area contributed by atoms with Gasteiger partial charge in [0, 0.05) is 24.1 Å². The van der Waals surface area contributed by atoms with E-state index in [0.29, 0.717) is 23.3 Å². The lowest BCUT2D eigenvalue weighted by molar-refractivity contribution is 0.000383. The molecule has 7 N–H and O–H groups in total. The summed E-state index contributed by atoms with van der Waals surface area (Å²) in [4.78, 5) is 10.5. The summed E-state index contributed by atoms with van der Waals surface area (Å²) in [5, 5.41) is 67.1. The number of para-hydroxylation sites is 1. The molecule has 202 valence electrons. The fourth-order valence-corrected chi connectivity index (χ4v) is 3.06. The minimum absolute atomic E-state index is 0.0689. The fourth-order valence-electron chi connectivity index (χ4n) is 3.06. The van der Waals surface area contributed by atoms with Gasteiger partial charge in [0.25, 0.3) is 0 Å². The minimum Gasteiger partial charge on any atom is -0.507 e. The molecule has 0 radical (unpaired) electrons. The Labute approximate surface area is 214 Å². The average Bonchev–Trinajstić information content (AvgIpc) is 2.91. The number of benzene rings is 3. The molecule has 1 atom stereocenters. The number of hydrogen-bond acceptors (Lipinski definition) is 11. The molecule has 1 aliphatic rings. The van der Waals surface area contributed by atoms with Gasteiger partial charge in [0.2, 0.25) is 0 Å². The van der Waals surface area contributed by atoms with Crippen molar-refractivity contribution in [3.63, 3.8) is 0 Å². The molecular formula is C26H33NO10. The third-order valence-electron chi connectivity index (χ3n) is 4.74. The molecule has 0 bridgehead atoms. The Kier molecular flexibility index (Phi) is 12.3. The summed E-state index contributed by atoms with van der Waals surface area (Å²) in [6, 6.07) is 9.29. The van der Waals surface area contributed by atoms with Crippen molar-refractivity contribution in [2.75, 3.05) is 6.61 Å². The average molecular weight is 520 g/mol. The second kappa shape index (κ2) is 14.9. The predicted octanol–water partition coefficient (Wildman–Crippen LogP) is 5.28. The summed E-state index contributed by atoms with van der Waals surface area (Å²) in [5.41, 5.74) is 1.08. The van der Waals surface area contributed by atoms with Crippen molar-refractivity contribution in [3.8, 4) is 46.0 Å². The lowest BCUT2D eigenvalue weighted by Crippen LogP contribution is -2.28. The van der Waals surface area contributed by atoms with Crippen LogP contribution in [-0.2, 0) is 17.8 Å². The van der Waals surface area contributed by atoms with Crippen LogP contribution in [-0.4, -0.2) is 48.5 Å². The van der Waals surface area contributed by atoms with Crippen LogP contribution in [0.5, 0.6) is 46.0 Å². The first-order valence-corrected chi connectivity index (χ1v) is 11.6. The van der Waals surface area contributed by atoms with Gasteiger partial charge in [-0.25, -0.2) is 0 Å². The Morgan fingerprint density at radius 1 is 0.811 bits per heavy atom. The third-order valence-corrected chi connectivity index (χ3v) is 4.74. The summed E-state index contributed by atoms with van der Waals surface area (Å²) in [7, 11) is 0. The Balaban J connectivity index is 0.000000440. The van der Waals surface area contributed by atoms with E-state index in [1.54, 1.807) is 0 Å². The van der Waals surface area contributed by atoms with E-state index in [1.165, 1.54) is 42.5 Å². The van der Waals surface area contributed by atoms with Crippen LogP contribution < -0.4 is 4.74 Å². The minimum atomic E-state index is -0.585. The molecule has 0 saturated carbocycles. The quantitative estimate of drug-likeness (QED) is 0.176. The van der Waals surface area contributed by atoms with E-state index in [4.69, 9.17) is 24.8 Å². The molecule has 1 aliphatic heterocycles. The van der Waals surface area contributed by atoms with Crippen molar-refractivity contribution in [2.45, 2.75) is 46.8 Å². The lowest BCUT2D eigenvalue weighted by Gasteiger charge is -2.26. The Bertz CT molecular complexity index is 1120. The van der Waals surface area contributed by atoms with E-state index in [1.807, 2.05) is 27.7 Å². The van der Waals surface area contributed by atoms with Crippen molar-refractivity contribution >= 4 is 5.69 Å². The monoisotopic (exact) mass is 519 g/mol. The molecule has 4 rings (SSSR count). The summed E-state index contributed by atoms with van der Waals surface area (Å²) < 4.78 is 11.2. The molecule has 11 nitrogen and oxygen atoms in total. The largest absolute Gasteiger partial charge is 0.507 e. The van der Waals surface area contributed by atoms with E-state index < -0.39 is 23.0 Å². The second-order valence-electron chi connectivity index (χ2n) is 7.11. The fraction of sp³-hybridized carbons (Fsp3) is 0.308. The number of rotatable bonds is 4. The molecule has 0 amide bonds. The van der Waals surface area contributed by atoms with Gasteiger partial charge in [0.05, 0.1) is 12.7 Å². The normalized spacial score (nSPS) is 13.1. The van der Waals surface area contributed by atoms with Crippen LogP contribution in [0.3, 0.4) is 0 Å². The summed E-state index contributed by atoms with van der Waals surface area (Å²) in [6.45, 7) is 8.28. The highest BCUT2D eigenvalue weighted by Crippen LogP contribution is 2.38. The van der Waals surface area contributed by atoms with Gasteiger partial charge < -0.3 is 45.2 Å². The summed E-state index contributed by atoms with van der Waals surface area (Å²) in [5.74, 6) is -2.25. The van der Waals surface area contributed by atoms with Crippen molar-refractivity contribution in [1.82, 2.24) is 0 Å². The van der Waals surface area contributed by atoms with E-state index in [-0.39, 0.29) is 42.3 Å². The van der Waals surface area contributed by atoms with Crippen LogP contribution in [0.15, 0.2) is 47.6 Å². The third kappa shape index (κ3) is 8.36. The molecule has 3 aromatic carbocycles. The van der Waals surface area contributed by atoms with Crippen molar-refractivity contribution < 1.29 is 45.2 Å². The van der Waals surface area contributed by atoms with Gasteiger partial charge in [0.15, 0.2) is 34.5 Å². The van der Waals surface area contributed by atoms with Crippen LogP contribution in [0.25, 0.3) is 0 Å². The van der Waals surface area contributed by atoms with Crippen LogP contribution in [0, 0.1) is 4.91 Å². The molecule has 3 aromatic rings. The first-order chi connectivity index (χ1) is 17.7. The maximum absolute atomic E-state index is 10.5. The molecule has 0 unspecified atom stereocenters. The lowest BCUT2D eigenvalue weighted by atomic mass is 10.0. The smallest absolute Gasteiger partial charge is 0.200 e. The first-order valence-electron chi connectivity index (χ1n) is 11.6. The molecule has 0 aromatic heterocycles. The molecule has 1 heterocycles. The van der Waals surface area contributed by atoms with E-state index in [9.17, 15) is 25.3 Å². The van der Waals surface area contributed by atoms with Gasteiger partial charge in [0.1, 0.15) is 23.8 Å². The van der Waals surface area contributed by atoms with Gasteiger partial charge in [-0.15, -0.1) is 4.91 Å². The van der Waals surface area contributed by atoms with E-state index >= 15 is 0 Å². The number of fused-ring (bicyclic) bond motifs is 1. The van der Waals surface area contributed by atoms with Crippen LogP contribution in [0.2, 0.25) is 0 Å². The van der Waals surface area contributed by atoms with Gasteiger partial charge in [-0.1, -0.05) is 33.8 Å². The van der Waals surface area contributed by atoms with E-state index in [2.05, 4.69) is 5.18 Å². The van der Waals surface area contributed by atoms with Crippen LogP contribution in [0.1, 0.15) is 38.8 Å². The Morgan fingerprint density at radius 3 is 1.86 bits per heavy atom. The molecule has 0 spiro atoms. The molecular weight excluding hydrogens is 486 g/mol. The maximum Gasteiger partial charge on any atom is 0.200 e. The Hall–Kier alpha value is -4.38. The Morgan fingerprint density at radius 2 is 1.35 bits per heavy atom. The molecule has 37 heavy (non-hydrogen) atoms. The van der Waals surface area contributed by atoms with Crippen molar-refractivity contribution in [2.24, 2.45) is 5.18 Å². The number of phenols is 7. The summed E-state index contributed by atoms with van der Waals surface area (Å²) in [6.07, 6.45) is 0.00706. The standard InChI is InChI=1S/C16H15NO7.C6H6O3.2C2H6/c18-12-3-9(17-22)4-15-11(12)5-10(7-24-15)23-6-8-1-13(19)16(21)14(20)2-8;7-4-2-1-3-5(8)6(4)9;2*1-2/h1-4,10,18-21H,5-7H2;1-3,7-9H;2*1-2H3/t10-;;;/m1.../s1. The SMILES string of the molecule is CC.CC.O=Nc1cc(O)c2c(c1)OC[C@H](OCc1cc(O)c(O)c(O)c1)C2.Oc1cccc(O)c1O. The van der Waals surface area contributed by atoms with Gasteiger partial charge in [-0.3, -0.25) is 0 Å². The van der Waals surface area contributed by atoms with Gasteiger partial charge in [-0.2, -0.15) is 0 Å². The number of nitrogens with zero attached hydrogens (tertiary/aromatic N) is 1. The molecule has 0 fully saturated rings. The second-order valence-corrected chi connectivity index (χ2v) is 7.11. The molecule has 11 heteroatoms. The number of hydrogen-bond donors (Lipinski definition) is 7. The number of aromatic hydroxyl groups is 7. The maximum atomic E-state index is 10.5. The van der Waals surface area contributed by atoms with Crippen LogP contribution >= 0.6 is 0 Å². The predicted molar refractivity (Wildman–Crippen MR) is 137 cm³/mol. The zero-order valence-corrected chi connectivity index (χ0v) is 21.0. The highest BCUT2D eigenvalue weighted by atomic mass is 16.5. The number of phenolic OH excluding ortho intramolecular Hbond substituents is 7. The topological polar surface area (TPSA) is 189 Å². The number of ether oxygens (including phenoxy) is 2. The van der Waals surface area contributed by atoms with Crippen LogP contribution in [0.4, 0.5) is 5.69 Å². The zero-order chi connectivity index (χ0) is 28.1. The zero-order valence-electron chi connectivity index (χ0n) is 21.0. The van der Waals surface area contributed by atoms with Crippen molar-refractivity contribution in [3.05, 3.63) is 58.5 Å². The summed E-state index contributed by atoms with van der Waals surface area (Å²) >= 11 is 0. The van der Waals surface area contributed by atoms with Gasteiger partial charge >= 0.3 is 0 Å². The first kappa shape index (κ1) is 30.7. The highest BCUT2D eigenvalue weighted by molar-refractivity contribution is 5.56.